The van der Waals surface area contributed by atoms with Gasteiger partial charge in [-0.3, -0.25) is 20.4 Å². The molecule has 0 fully saturated rings. The Kier molecular flexibility index (Phi) is 6.81. The van der Waals surface area contributed by atoms with Gasteiger partial charge < -0.3 is 4.74 Å². The molecule has 24 heavy (non-hydrogen) atoms. The van der Waals surface area contributed by atoms with E-state index >= 15 is 0 Å². The maximum Gasteiger partial charge on any atom is 0.269 e. The maximum atomic E-state index is 12.1. The van der Waals surface area contributed by atoms with Crippen LogP contribution in [0.25, 0.3) is 0 Å². The number of carbonyl (C=O) groups is 2. The number of benzene rings is 2. The fraction of sp³-hybridized carbons (Fsp3) is 0.222. The molecule has 0 aliphatic carbocycles. The lowest BCUT2D eigenvalue weighted by Gasteiger charge is -2.10. The number of carbonyl (C=O) groups excluding carboxylic acids is 2. The highest BCUT2D eigenvalue weighted by atomic mass is 79.9. The third-order valence-corrected chi connectivity index (χ3v) is 3.91. The van der Waals surface area contributed by atoms with Crippen molar-refractivity contribution >= 4 is 27.7 Å². The molecule has 126 valence electrons. The van der Waals surface area contributed by atoms with E-state index in [0.29, 0.717) is 35.2 Å². The predicted octanol–water partition coefficient (Wildman–Crippen LogP) is 3.24. The van der Waals surface area contributed by atoms with Crippen LogP contribution >= 0.6 is 15.9 Å². The molecule has 0 bridgehead atoms. The van der Waals surface area contributed by atoms with Crippen molar-refractivity contribution in [3.63, 3.8) is 0 Å². The molecule has 0 atom stereocenters. The van der Waals surface area contributed by atoms with Gasteiger partial charge in [0.2, 0.25) is 5.91 Å². The van der Waals surface area contributed by atoms with Crippen molar-refractivity contribution in [1.29, 1.82) is 0 Å². The van der Waals surface area contributed by atoms with Crippen LogP contribution in [0.1, 0.15) is 29.3 Å². The van der Waals surface area contributed by atoms with E-state index in [0.717, 1.165) is 5.56 Å². The monoisotopic (exact) mass is 390 g/mol. The van der Waals surface area contributed by atoms with E-state index in [1.54, 1.807) is 18.2 Å². The standard InChI is InChI=1S/C18H19BrN2O3/c1-2-24-16-10-9-14(12-15(16)19)18(23)21-20-17(22)11-8-13-6-4-3-5-7-13/h3-7,9-10,12H,2,8,11H2,1H3,(H,20,22)(H,21,23). The Hall–Kier alpha value is -2.34. The van der Waals surface area contributed by atoms with E-state index in [1.165, 1.54) is 0 Å². The van der Waals surface area contributed by atoms with E-state index in [1.807, 2.05) is 37.3 Å². The van der Waals surface area contributed by atoms with Crippen LogP contribution in [0.5, 0.6) is 5.75 Å². The number of hydrogen-bond acceptors (Lipinski definition) is 3. The third kappa shape index (κ3) is 5.38. The normalized spacial score (nSPS) is 10.1. The van der Waals surface area contributed by atoms with E-state index in [4.69, 9.17) is 4.74 Å². The zero-order valence-corrected chi connectivity index (χ0v) is 14.9. The van der Waals surface area contributed by atoms with Crippen molar-refractivity contribution in [3.05, 3.63) is 64.1 Å². The zero-order chi connectivity index (χ0) is 17.4. The van der Waals surface area contributed by atoms with Crippen LogP contribution < -0.4 is 15.6 Å². The summed E-state index contributed by atoms with van der Waals surface area (Å²) in [6.45, 7) is 2.43. The Balaban J connectivity index is 1.82. The molecule has 0 saturated carbocycles. The number of hydrogen-bond donors (Lipinski definition) is 2. The average Bonchev–Trinajstić information content (AvgIpc) is 2.60. The van der Waals surface area contributed by atoms with Crippen molar-refractivity contribution in [2.24, 2.45) is 0 Å². The summed E-state index contributed by atoms with van der Waals surface area (Å²) in [7, 11) is 0. The topological polar surface area (TPSA) is 67.4 Å². The second-order valence-corrected chi connectivity index (χ2v) is 5.92. The largest absolute Gasteiger partial charge is 0.493 e. The number of aryl methyl sites for hydroxylation is 1. The molecule has 5 nitrogen and oxygen atoms in total. The van der Waals surface area contributed by atoms with Crippen molar-refractivity contribution in [2.45, 2.75) is 19.8 Å². The molecule has 0 heterocycles. The Morgan fingerprint density at radius 1 is 1.08 bits per heavy atom. The first-order valence-electron chi connectivity index (χ1n) is 7.65. The van der Waals surface area contributed by atoms with Gasteiger partial charge in [0, 0.05) is 12.0 Å². The van der Waals surface area contributed by atoms with Crippen LogP contribution in [0.3, 0.4) is 0 Å². The lowest BCUT2D eigenvalue weighted by atomic mass is 10.1. The highest BCUT2D eigenvalue weighted by Gasteiger charge is 2.10. The Bertz CT molecular complexity index is 705. The minimum absolute atomic E-state index is 0.239. The van der Waals surface area contributed by atoms with Crippen LogP contribution in [-0.4, -0.2) is 18.4 Å². The van der Waals surface area contributed by atoms with E-state index in [9.17, 15) is 9.59 Å². The van der Waals surface area contributed by atoms with Crippen molar-refractivity contribution in [3.8, 4) is 5.75 Å². The molecule has 2 aromatic carbocycles. The lowest BCUT2D eigenvalue weighted by molar-refractivity contribution is -0.121. The molecule has 0 unspecified atom stereocenters. The molecule has 2 aromatic rings. The summed E-state index contributed by atoms with van der Waals surface area (Å²) in [6.07, 6.45) is 0.925. The fourth-order valence-electron chi connectivity index (χ4n) is 2.08. The molecule has 0 spiro atoms. The first-order chi connectivity index (χ1) is 11.6. The van der Waals surface area contributed by atoms with Gasteiger partial charge in [-0.25, -0.2) is 0 Å². The quantitative estimate of drug-likeness (QED) is 0.743. The van der Waals surface area contributed by atoms with Gasteiger partial charge in [-0.05, 0) is 53.0 Å². The number of nitrogens with one attached hydrogen (secondary N) is 2. The summed E-state index contributed by atoms with van der Waals surface area (Å²) in [4.78, 5) is 23.9. The molecule has 2 N–H and O–H groups in total. The highest BCUT2D eigenvalue weighted by molar-refractivity contribution is 9.10. The van der Waals surface area contributed by atoms with Crippen molar-refractivity contribution in [1.82, 2.24) is 10.9 Å². The van der Waals surface area contributed by atoms with Gasteiger partial charge in [0.05, 0.1) is 11.1 Å². The Morgan fingerprint density at radius 3 is 2.50 bits per heavy atom. The SMILES string of the molecule is CCOc1ccc(C(=O)NNC(=O)CCc2ccccc2)cc1Br. The summed E-state index contributed by atoms with van der Waals surface area (Å²) in [6, 6.07) is 14.7. The van der Waals surface area contributed by atoms with Crippen molar-refractivity contribution in [2.75, 3.05) is 6.61 Å². The minimum atomic E-state index is -0.383. The van der Waals surface area contributed by atoms with Gasteiger partial charge in [0.25, 0.3) is 5.91 Å². The molecule has 0 aliphatic rings. The first kappa shape index (κ1) is 18.0. The summed E-state index contributed by atoms with van der Waals surface area (Å²) >= 11 is 3.35. The minimum Gasteiger partial charge on any atom is -0.493 e. The summed E-state index contributed by atoms with van der Waals surface area (Å²) in [5.41, 5.74) is 6.34. The smallest absolute Gasteiger partial charge is 0.269 e. The van der Waals surface area contributed by atoms with Crippen LogP contribution in [0.15, 0.2) is 53.0 Å². The zero-order valence-electron chi connectivity index (χ0n) is 13.3. The van der Waals surface area contributed by atoms with E-state index < -0.39 is 0 Å². The summed E-state index contributed by atoms with van der Waals surface area (Å²) in [5, 5.41) is 0. The molecular weight excluding hydrogens is 372 g/mol. The average molecular weight is 391 g/mol. The lowest BCUT2D eigenvalue weighted by Crippen LogP contribution is -2.41. The molecule has 2 rings (SSSR count). The second kappa shape index (κ2) is 9.08. The maximum absolute atomic E-state index is 12.1. The van der Waals surface area contributed by atoms with Crippen LogP contribution in [0.4, 0.5) is 0 Å². The summed E-state index contributed by atoms with van der Waals surface area (Å²) in [5.74, 6) is 0.0463. The van der Waals surface area contributed by atoms with E-state index in [-0.39, 0.29) is 11.8 Å². The van der Waals surface area contributed by atoms with Gasteiger partial charge in [-0.2, -0.15) is 0 Å². The van der Waals surface area contributed by atoms with Gasteiger partial charge in [0.15, 0.2) is 0 Å². The first-order valence-corrected chi connectivity index (χ1v) is 8.45. The number of amides is 2. The van der Waals surface area contributed by atoms with Crippen LogP contribution in [0, 0.1) is 0 Å². The fourth-order valence-corrected chi connectivity index (χ4v) is 2.57. The van der Waals surface area contributed by atoms with E-state index in [2.05, 4.69) is 26.8 Å². The molecular formula is C18H19BrN2O3. The van der Waals surface area contributed by atoms with Gasteiger partial charge in [-0.1, -0.05) is 30.3 Å². The van der Waals surface area contributed by atoms with Gasteiger partial charge in [0.1, 0.15) is 5.75 Å². The van der Waals surface area contributed by atoms with Crippen LogP contribution in [-0.2, 0) is 11.2 Å². The number of ether oxygens (including phenoxy) is 1. The Morgan fingerprint density at radius 2 is 1.83 bits per heavy atom. The molecule has 6 heteroatoms. The van der Waals surface area contributed by atoms with Gasteiger partial charge >= 0.3 is 0 Å². The number of halogens is 1. The molecule has 0 saturated heterocycles. The number of hydrazine groups is 1. The van der Waals surface area contributed by atoms with Gasteiger partial charge in [-0.15, -0.1) is 0 Å². The van der Waals surface area contributed by atoms with Crippen molar-refractivity contribution < 1.29 is 14.3 Å². The molecule has 0 radical (unpaired) electrons. The number of rotatable bonds is 6. The molecule has 0 aromatic heterocycles. The summed E-state index contributed by atoms with van der Waals surface area (Å²) < 4.78 is 6.08. The molecule has 0 aliphatic heterocycles. The highest BCUT2D eigenvalue weighted by Crippen LogP contribution is 2.25. The predicted molar refractivity (Wildman–Crippen MR) is 95.7 cm³/mol. The second-order valence-electron chi connectivity index (χ2n) is 5.07. The third-order valence-electron chi connectivity index (χ3n) is 3.29. The molecule has 2 amide bonds. The van der Waals surface area contributed by atoms with Crippen LogP contribution in [0.2, 0.25) is 0 Å². The Labute approximate surface area is 149 Å².